The summed E-state index contributed by atoms with van der Waals surface area (Å²) in [5.74, 6) is -0.0823. The molecule has 2 bridgehead atoms. The highest BCUT2D eigenvalue weighted by atomic mass is 35.5. The summed E-state index contributed by atoms with van der Waals surface area (Å²) in [6.07, 6.45) is 1.94. The predicted molar refractivity (Wildman–Crippen MR) is 124 cm³/mol. The van der Waals surface area contributed by atoms with Crippen LogP contribution in [0, 0.1) is 0 Å². The van der Waals surface area contributed by atoms with E-state index >= 15 is 0 Å². The molecule has 1 amide bonds. The lowest BCUT2D eigenvalue weighted by molar-refractivity contribution is 0.00841. The van der Waals surface area contributed by atoms with Gasteiger partial charge in [-0.05, 0) is 51.2 Å². The number of aromatic nitrogens is 1. The Morgan fingerprint density at radius 3 is 2.45 bits per heavy atom. The van der Waals surface area contributed by atoms with E-state index in [0.717, 1.165) is 31.6 Å². The second-order valence-corrected chi connectivity index (χ2v) is 8.50. The number of nitrogens with zero attached hydrogens (tertiary/aromatic N) is 3. The van der Waals surface area contributed by atoms with Crippen LogP contribution in [0.5, 0.6) is 0 Å². The molecule has 0 aliphatic carbocycles. The van der Waals surface area contributed by atoms with Gasteiger partial charge >= 0.3 is 0 Å². The number of anilines is 2. The lowest BCUT2D eigenvalue weighted by atomic mass is 9.88. The molecule has 3 aromatic rings. The van der Waals surface area contributed by atoms with Gasteiger partial charge in [0.15, 0.2) is 5.58 Å². The van der Waals surface area contributed by atoms with Crippen molar-refractivity contribution in [3.63, 3.8) is 0 Å². The average molecular weight is 442 g/mol. The minimum atomic E-state index is -0.0823. The van der Waals surface area contributed by atoms with Crippen molar-refractivity contribution in [3.8, 4) is 0 Å². The molecular formula is C23H28ClN5O2. The molecule has 3 heterocycles. The normalized spacial score (nSPS) is 23.9. The monoisotopic (exact) mass is 441 g/mol. The number of hydrogen-bond donors (Lipinski definition) is 2. The first-order chi connectivity index (χ1) is 14.6. The summed E-state index contributed by atoms with van der Waals surface area (Å²) in [4.78, 5) is 22.5. The fraction of sp³-hybridized carbons (Fsp3) is 0.391. The van der Waals surface area contributed by atoms with Gasteiger partial charge in [-0.25, -0.2) is 0 Å². The van der Waals surface area contributed by atoms with Crippen molar-refractivity contribution in [2.75, 3.05) is 32.5 Å². The fourth-order valence-electron chi connectivity index (χ4n) is 4.80. The fourth-order valence-corrected chi connectivity index (χ4v) is 4.80. The number of amides is 1. The zero-order valence-electron chi connectivity index (χ0n) is 17.7. The highest BCUT2D eigenvalue weighted by molar-refractivity contribution is 6.04. The molecule has 0 saturated carbocycles. The summed E-state index contributed by atoms with van der Waals surface area (Å²) in [6, 6.07) is 16.7. The van der Waals surface area contributed by atoms with Crippen molar-refractivity contribution in [3.05, 3.63) is 54.1 Å². The number of nitrogens with one attached hydrogen (secondary N) is 2. The average Bonchev–Trinajstić information content (AvgIpc) is 3.12. The number of fused-ring (bicyclic) bond motifs is 3. The quantitative estimate of drug-likeness (QED) is 0.645. The lowest BCUT2D eigenvalue weighted by Crippen LogP contribution is -2.63. The van der Waals surface area contributed by atoms with Crippen molar-refractivity contribution < 1.29 is 9.21 Å². The second kappa shape index (κ2) is 8.86. The Bertz CT molecular complexity index is 1040. The van der Waals surface area contributed by atoms with E-state index in [1.807, 2.05) is 48.5 Å². The first-order valence-electron chi connectivity index (χ1n) is 10.5. The molecule has 2 unspecified atom stereocenters. The topological polar surface area (TPSA) is 73.6 Å². The maximum absolute atomic E-state index is 13.1. The van der Waals surface area contributed by atoms with Crippen LogP contribution in [-0.4, -0.2) is 66.0 Å². The molecule has 2 aliphatic rings. The summed E-state index contributed by atoms with van der Waals surface area (Å²) in [5.41, 5.74) is 2.63. The first kappa shape index (κ1) is 21.6. The molecule has 8 heteroatoms. The second-order valence-electron chi connectivity index (χ2n) is 8.50. The summed E-state index contributed by atoms with van der Waals surface area (Å²) >= 11 is 0. The SMILES string of the molecule is CN1CC2CC(NC(=O)c3cccc4oc(Nc5ccccc5)nc34)CC(C1)N2C.Cl. The van der Waals surface area contributed by atoms with Gasteiger partial charge < -0.3 is 20.0 Å². The third kappa shape index (κ3) is 4.39. The third-order valence-corrected chi connectivity index (χ3v) is 6.33. The predicted octanol–water partition coefficient (Wildman–Crippen LogP) is 3.50. The van der Waals surface area contributed by atoms with Crippen molar-refractivity contribution >= 4 is 41.1 Å². The van der Waals surface area contributed by atoms with E-state index < -0.39 is 0 Å². The molecule has 0 radical (unpaired) electrons. The Morgan fingerprint density at radius 2 is 1.74 bits per heavy atom. The van der Waals surface area contributed by atoms with Crippen LogP contribution in [0.25, 0.3) is 11.1 Å². The molecule has 7 nitrogen and oxygen atoms in total. The van der Waals surface area contributed by atoms with Gasteiger partial charge in [0.2, 0.25) is 0 Å². The van der Waals surface area contributed by atoms with Gasteiger partial charge in [-0.2, -0.15) is 4.98 Å². The maximum Gasteiger partial charge on any atom is 0.300 e. The molecule has 2 aliphatic heterocycles. The molecule has 1 aromatic heterocycles. The van der Waals surface area contributed by atoms with Crippen molar-refractivity contribution in [1.82, 2.24) is 20.1 Å². The first-order valence-corrected chi connectivity index (χ1v) is 10.5. The van der Waals surface area contributed by atoms with Crippen molar-refractivity contribution in [1.29, 1.82) is 0 Å². The summed E-state index contributed by atoms with van der Waals surface area (Å²) < 4.78 is 5.82. The number of likely N-dealkylation sites (N-methyl/N-ethyl adjacent to an activating group) is 2. The smallest absolute Gasteiger partial charge is 0.300 e. The Morgan fingerprint density at radius 1 is 1.03 bits per heavy atom. The van der Waals surface area contributed by atoms with Gasteiger partial charge in [-0.1, -0.05) is 24.3 Å². The van der Waals surface area contributed by atoms with Gasteiger partial charge in [-0.3, -0.25) is 9.69 Å². The molecule has 5 rings (SSSR count). The minimum Gasteiger partial charge on any atom is -0.423 e. The summed E-state index contributed by atoms with van der Waals surface area (Å²) in [6.45, 7) is 2.10. The number of hydrogen-bond acceptors (Lipinski definition) is 6. The maximum atomic E-state index is 13.1. The van der Waals surface area contributed by atoms with Gasteiger partial charge in [0, 0.05) is 36.9 Å². The molecule has 31 heavy (non-hydrogen) atoms. The van der Waals surface area contributed by atoms with Gasteiger partial charge in [0.05, 0.1) is 5.56 Å². The zero-order valence-corrected chi connectivity index (χ0v) is 18.6. The standard InChI is InChI=1S/C23H27N5O2.ClH/c1-27-13-17-11-16(12-18(14-27)28(17)2)24-22(29)19-9-6-10-20-21(19)26-23(30-20)25-15-7-4-3-5-8-15;/h3-10,16-18H,11-14H2,1-2H3,(H,24,29)(H,25,26);1H. The van der Waals surface area contributed by atoms with Crippen LogP contribution >= 0.6 is 12.4 Å². The van der Waals surface area contributed by atoms with Crippen LogP contribution in [0.15, 0.2) is 52.9 Å². The zero-order chi connectivity index (χ0) is 20.7. The van der Waals surface area contributed by atoms with Gasteiger partial charge in [-0.15, -0.1) is 12.4 Å². The molecule has 2 aromatic carbocycles. The minimum absolute atomic E-state index is 0. The molecular weight excluding hydrogens is 414 g/mol. The Balaban J connectivity index is 0.00000231. The highest BCUT2D eigenvalue weighted by Crippen LogP contribution is 2.28. The van der Waals surface area contributed by atoms with Crippen LogP contribution in [0.4, 0.5) is 11.7 Å². The Kier molecular flexibility index (Phi) is 6.18. The number of rotatable bonds is 4. The largest absolute Gasteiger partial charge is 0.423 e. The number of oxazole rings is 1. The van der Waals surface area contributed by atoms with Crippen molar-refractivity contribution in [2.45, 2.75) is 31.0 Å². The van der Waals surface area contributed by atoms with Gasteiger partial charge in [0.25, 0.3) is 11.9 Å². The molecule has 0 spiro atoms. The Labute approximate surface area is 188 Å². The molecule has 2 atom stereocenters. The molecule has 2 N–H and O–H groups in total. The molecule has 164 valence electrons. The number of piperidine rings is 1. The van der Waals surface area contributed by atoms with Crippen LogP contribution in [-0.2, 0) is 0 Å². The van der Waals surface area contributed by atoms with E-state index in [1.165, 1.54) is 0 Å². The van der Waals surface area contributed by atoms with Crippen LogP contribution in [0.2, 0.25) is 0 Å². The number of carbonyl (C=O) groups excluding carboxylic acids is 1. The number of carbonyl (C=O) groups is 1. The van der Waals surface area contributed by atoms with E-state index in [-0.39, 0.29) is 24.4 Å². The number of likely N-dealkylation sites (tertiary alicyclic amines) is 1. The number of halogens is 1. The lowest BCUT2D eigenvalue weighted by Gasteiger charge is -2.50. The number of piperazine rings is 1. The molecule has 2 saturated heterocycles. The third-order valence-electron chi connectivity index (χ3n) is 6.33. The molecule has 2 fully saturated rings. The van der Waals surface area contributed by atoms with E-state index in [1.54, 1.807) is 0 Å². The van der Waals surface area contributed by atoms with E-state index in [9.17, 15) is 4.79 Å². The van der Waals surface area contributed by atoms with E-state index in [2.05, 4.69) is 39.5 Å². The highest BCUT2D eigenvalue weighted by Gasteiger charge is 2.38. The number of benzene rings is 2. The van der Waals surface area contributed by atoms with Crippen LogP contribution in [0.3, 0.4) is 0 Å². The van der Waals surface area contributed by atoms with Gasteiger partial charge in [0.1, 0.15) is 5.52 Å². The summed E-state index contributed by atoms with van der Waals surface area (Å²) in [7, 11) is 4.38. The number of para-hydroxylation sites is 2. The Hall–Kier alpha value is -2.61. The van der Waals surface area contributed by atoms with Crippen LogP contribution < -0.4 is 10.6 Å². The van der Waals surface area contributed by atoms with E-state index in [0.29, 0.717) is 34.8 Å². The van der Waals surface area contributed by atoms with Crippen LogP contribution in [0.1, 0.15) is 23.2 Å². The van der Waals surface area contributed by atoms with E-state index in [4.69, 9.17) is 4.42 Å². The summed E-state index contributed by atoms with van der Waals surface area (Å²) in [5, 5.41) is 6.42. The van der Waals surface area contributed by atoms with Crippen molar-refractivity contribution in [2.24, 2.45) is 0 Å².